The smallest absolute Gasteiger partial charge is 0.244 e. The molecule has 0 radical (unpaired) electrons. The predicted octanol–water partition coefficient (Wildman–Crippen LogP) is 4.29. The maximum Gasteiger partial charge on any atom is 0.244 e. The lowest BCUT2D eigenvalue weighted by Gasteiger charge is -2.34. The van der Waals surface area contributed by atoms with Gasteiger partial charge in [-0.3, -0.25) is 13.9 Å². The molecular weight excluding hydrogens is 566 g/mol. The van der Waals surface area contributed by atoms with Crippen LogP contribution in [0.1, 0.15) is 25.0 Å². The molecule has 3 aromatic carbocycles. The van der Waals surface area contributed by atoms with E-state index in [0.717, 1.165) is 16.1 Å². The van der Waals surface area contributed by atoms with Crippen LogP contribution in [0.25, 0.3) is 0 Å². The summed E-state index contributed by atoms with van der Waals surface area (Å²) >= 11 is 6.20. The average Bonchev–Trinajstić information content (AvgIpc) is 2.93. The van der Waals surface area contributed by atoms with Gasteiger partial charge in [0.2, 0.25) is 21.8 Å². The number of anilines is 1. The van der Waals surface area contributed by atoms with Crippen LogP contribution in [0, 0.1) is 0 Å². The first-order chi connectivity index (χ1) is 19.4. The van der Waals surface area contributed by atoms with Crippen molar-refractivity contribution in [1.82, 2.24) is 10.2 Å². The molecule has 9 nitrogen and oxygen atoms in total. The van der Waals surface area contributed by atoms with Gasteiger partial charge in [-0.2, -0.15) is 0 Å². The highest BCUT2D eigenvalue weighted by Crippen LogP contribution is 2.33. The van der Waals surface area contributed by atoms with E-state index in [1.807, 2.05) is 50.2 Å². The van der Waals surface area contributed by atoms with Crippen molar-refractivity contribution in [1.29, 1.82) is 0 Å². The van der Waals surface area contributed by atoms with Gasteiger partial charge in [-0.1, -0.05) is 54.1 Å². The first-order valence-corrected chi connectivity index (χ1v) is 15.2. The zero-order valence-corrected chi connectivity index (χ0v) is 25.4. The number of rotatable bonds is 13. The summed E-state index contributed by atoms with van der Waals surface area (Å²) in [6, 6.07) is 19.9. The van der Waals surface area contributed by atoms with Crippen molar-refractivity contribution in [2.24, 2.45) is 0 Å². The third-order valence-corrected chi connectivity index (χ3v) is 7.64. The van der Waals surface area contributed by atoms with Crippen LogP contribution in [0.5, 0.6) is 11.5 Å². The van der Waals surface area contributed by atoms with Gasteiger partial charge in [-0.25, -0.2) is 8.42 Å². The summed E-state index contributed by atoms with van der Waals surface area (Å²) in [5.74, 6) is -0.126. The molecule has 0 aromatic heterocycles. The number of methoxy groups -OCH3 is 2. The number of hydrogen-bond donors (Lipinski definition) is 1. The van der Waals surface area contributed by atoms with E-state index in [-0.39, 0.29) is 41.4 Å². The molecule has 0 aliphatic rings. The SMILES string of the molecule is COc1cccc(CN(C(=O)CN(c2cc(Cl)ccc2OC)S(C)(=O)=O)C(Cc2ccccc2)C(=O)NC(C)C)c1. The van der Waals surface area contributed by atoms with E-state index in [9.17, 15) is 18.0 Å². The van der Waals surface area contributed by atoms with E-state index >= 15 is 0 Å². The maximum absolute atomic E-state index is 14.2. The van der Waals surface area contributed by atoms with Crippen molar-refractivity contribution in [3.63, 3.8) is 0 Å². The summed E-state index contributed by atoms with van der Waals surface area (Å²) in [5, 5.41) is 3.19. The van der Waals surface area contributed by atoms with Crippen LogP contribution in [0.3, 0.4) is 0 Å². The van der Waals surface area contributed by atoms with Gasteiger partial charge >= 0.3 is 0 Å². The quantitative estimate of drug-likeness (QED) is 0.313. The zero-order valence-electron chi connectivity index (χ0n) is 23.8. The molecule has 0 saturated carbocycles. The van der Waals surface area contributed by atoms with Crippen LogP contribution >= 0.6 is 11.6 Å². The summed E-state index contributed by atoms with van der Waals surface area (Å²) in [4.78, 5) is 29.2. The highest BCUT2D eigenvalue weighted by molar-refractivity contribution is 7.92. The topological polar surface area (TPSA) is 105 Å². The second-order valence-corrected chi connectivity index (χ2v) is 12.2. The van der Waals surface area contributed by atoms with Gasteiger partial charge in [0.25, 0.3) is 0 Å². The Morgan fingerprint density at radius 3 is 2.22 bits per heavy atom. The molecule has 11 heteroatoms. The molecule has 0 aliphatic heterocycles. The number of halogens is 1. The molecular formula is C30H36ClN3O6S. The fraction of sp³-hybridized carbons (Fsp3) is 0.333. The summed E-state index contributed by atoms with van der Waals surface area (Å²) in [6.07, 6.45) is 1.22. The van der Waals surface area contributed by atoms with Crippen LogP contribution in [-0.4, -0.2) is 64.2 Å². The number of benzene rings is 3. The molecule has 3 aromatic rings. The largest absolute Gasteiger partial charge is 0.497 e. The molecule has 0 heterocycles. The van der Waals surface area contributed by atoms with Gasteiger partial charge in [0.1, 0.15) is 24.1 Å². The van der Waals surface area contributed by atoms with E-state index in [4.69, 9.17) is 21.1 Å². The Bertz CT molecular complexity index is 1450. The third kappa shape index (κ3) is 8.86. The van der Waals surface area contributed by atoms with Crippen molar-refractivity contribution < 1.29 is 27.5 Å². The normalized spacial score (nSPS) is 12.0. The van der Waals surface area contributed by atoms with E-state index in [1.165, 1.54) is 24.1 Å². The highest BCUT2D eigenvalue weighted by atomic mass is 35.5. The highest BCUT2D eigenvalue weighted by Gasteiger charge is 2.34. The van der Waals surface area contributed by atoms with Gasteiger partial charge in [0.15, 0.2) is 0 Å². The third-order valence-electron chi connectivity index (χ3n) is 6.28. The second kappa shape index (κ2) is 14.2. The van der Waals surface area contributed by atoms with Gasteiger partial charge in [0.05, 0.1) is 26.2 Å². The molecule has 2 amide bonds. The summed E-state index contributed by atoms with van der Waals surface area (Å²) in [5.41, 5.74) is 1.67. The van der Waals surface area contributed by atoms with Crippen LogP contribution in [0.4, 0.5) is 5.69 Å². The minimum atomic E-state index is -3.98. The number of sulfonamides is 1. The molecule has 3 rings (SSSR count). The minimum Gasteiger partial charge on any atom is -0.497 e. The molecule has 1 atom stereocenters. The Morgan fingerprint density at radius 1 is 0.927 bits per heavy atom. The molecule has 220 valence electrons. The molecule has 0 fully saturated rings. The van der Waals surface area contributed by atoms with Crippen molar-refractivity contribution in [2.45, 2.75) is 38.9 Å². The van der Waals surface area contributed by atoms with Crippen molar-refractivity contribution in [3.8, 4) is 11.5 Å². The van der Waals surface area contributed by atoms with Crippen LogP contribution in [0.15, 0.2) is 72.8 Å². The van der Waals surface area contributed by atoms with Crippen LogP contribution < -0.4 is 19.1 Å². The van der Waals surface area contributed by atoms with E-state index < -0.39 is 28.5 Å². The molecule has 0 spiro atoms. The van der Waals surface area contributed by atoms with Crippen molar-refractivity contribution in [2.75, 3.05) is 31.3 Å². The van der Waals surface area contributed by atoms with E-state index in [0.29, 0.717) is 11.3 Å². The van der Waals surface area contributed by atoms with Gasteiger partial charge < -0.3 is 19.7 Å². The van der Waals surface area contributed by atoms with Gasteiger partial charge in [-0.05, 0) is 55.3 Å². The number of ether oxygens (including phenoxy) is 2. The molecule has 1 N–H and O–H groups in total. The fourth-order valence-corrected chi connectivity index (χ4v) is 5.37. The number of nitrogens with zero attached hydrogens (tertiary/aromatic N) is 2. The first-order valence-electron chi connectivity index (χ1n) is 13.0. The second-order valence-electron chi connectivity index (χ2n) is 9.83. The summed E-state index contributed by atoms with van der Waals surface area (Å²) in [6.45, 7) is 3.12. The summed E-state index contributed by atoms with van der Waals surface area (Å²) < 4.78 is 37.7. The number of amides is 2. The van der Waals surface area contributed by atoms with Crippen molar-refractivity contribution >= 4 is 39.1 Å². The van der Waals surface area contributed by atoms with Gasteiger partial charge in [0, 0.05) is 24.0 Å². The average molecular weight is 602 g/mol. The Morgan fingerprint density at radius 2 is 1.61 bits per heavy atom. The Balaban J connectivity index is 2.11. The molecule has 0 aliphatic carbocycles. The summed E-state index contributed by atoms with van der Waals surface area (Å²) in [7, 11) is -1.04. The minimum absolute atomic E-state index is 0.0311. The van der Waals surface area contributed by atoms with Crippen LogP contribution in [0.2, 0.25) is 5.02 Å². The number of nitrogens with one attached hydrogen (secondary N) is 1. The maximum atomic E-state index is 14.2. The molecule has 0 saturated heterocycles. The lowest BCUT2D eigenvalue weighted by atomic mass is 10.0. The van der Waals surface area contributed by atoms with E-state index in [1.54, 1.807) is 31.4 Å². The first kappa shape index (κ1) is 31.8. The number of hydrogen-bond acceptors (Lipinski definition) is 6. The lowest BCUT2D eigenvalue weighted by molar-refractivity contribution is -0.140. The monoisotopic (exact) mass is 601 g/mol. The Hall–Kier alpha value is -3.76. The number of carbonyl (C=O) groups is 2. The molecule has 0 bridgehead atoms. The Labute approximate surface area is 247 Å². The van der Waals surface area contributed by atoms with Crippen LogP contribution in [-0.2, 0) is 32.6 Å². The zero-order chi connectivity index (χ0) is 30.2. The number of carbonyl (C=O) groups excluding carboxylic acids is 2. The molecule has 1 unspecified atom stereocenters. The van der Waals surface area contributed by atoms with E-state index in [2.05, 4.69) is 5.32 Å². The molecule has 41 heavy (non-hydrogen) atoms. The lowest BCUT2D eigenvalue weighted by Crippen LogP contribution is -2.54. The Kier molecular flexibility index (Phi) is 11.0. The van der Waals surface area contributed by atoms with Crippen molar-refractivity contribution in [3.05, 3.63) is 88.9 Å². The standard InChI is InChI=1S/C30H36ClN3O6S/c1-21(2)32-30(36)27(17-22-10-7-6-8-11-22)33(19-23-12-9-13-25(16-23)39-3)29(35)20-34(41(5,37)38)26-18-24(31)14-15-28(26)40-4/h6-16,18,21,27H,17,19-20H2,1-5H3,(H,32,36). The predicted molar refractivity (Wildman–Crippen MR) is 161 cm³/mol. The fourth-order valence-electron chi connectivity index (χ4n) is 4.35. The van der Waals surface area contributed by atoms with Gasteiger partial charge in [-0.15, -0.1) is 0 Å².